The predicted molar refractivity (Wildman–Crippen MR) is 177 cm³/mol. The number of nitrogens with one attached hydrogen (secondary N) is 1. The summed E-state index contributed by atoms with van der Waals surface area (Å²) in [6.45, 7) is 16.1. The second kappa shape index (κ2) is 15.2. The van der Waals surface area contributed by atoms with Gasteiger partial charge in [0, 0.05) is 80.8 Å². The largest absolute Gasteiger partial charge is 0.444 e. The highest BCUT2D eigenvalue weighted by Crippen LogP contribution is 2.35. The number of hydrogen-bond acceptors (Lipinski definition) is 8. The van der Waals surface area contributed by atoms with Crippen LogP contribution >= 0.6 is 0 Å². The zero-order valence-electron chi connectivity index (χ0n) is 27.7. The SMILES string of the molecule is CC.COOc1ccccc1/C(N)=C/c1c(N)[nH]c2c1CN(C1CCC(CN3CCN(C(=O)OC(C)(C)C)CC3)CC1)CC2. The van der Waals surface area contributed by atoms with Gasteiger partial charge >= 0.3 is 6.09 Å². The summed E-state index contributed by atoms with van der Waals surface area (Å²) < 4.78 is 5.55. The smallest absolute Gasteiger partial charge is 0.410 e. The number of anilines is 1. The van der Waals surface area contributed by atoms with Crippen LogP contribution in [0.15, 0.2) is 24.3 Å². The van der Waals surface area contributed by atoms with Gasteiger partial charge in [0.05, 0.1) is 7.11 Å². The van der Waals surface area contributed by atoms with Crippen LogP contribution in [-0.2, 0) is 22.6 Å². The molecule has 2 aromatic rings. The highest BCUT2D eigenvalue weighted by atomic mass is 17.2. The van der Waals surface area contributed by atoms with E-state index in [0.29, 0.717) is 29.2 Å². The maximum atomic E-state index is 12.4. The summed E-state index contributed by atoms with van der Waals surface area (Å²) in [5, 5.41) is 0. The summed E-state index contributed by atoms with van der Waals surface area (Å²) >= 11 is 0. The van der Waals surface area contributed by atoms with Gasteiger partial charge in [-0.1, -0.05) is 26.0 Å². The Bertz CT molecular complexity index is 1250. The number of ether oxygens (including phenoxy) is 1. The van der Waals surface area contributed by atoms with Crippen molar-refractivity contribution >= 4 is 23.7 Å². The molecule has 3 aliphatic rings. The normalized spacial score (nSPS) is 21.7. The second-order valence-electron chi connectivity index (χ2n) is 12.9. The molecule has 3 heterocycles. The number of para-hydroxylation sites is 1. The lowest BCUT2D eigenvalue weighted by molar-refractivity contribution is -0.178. The van der Waals surface area contributed by atoms with E-state index < -0.39 is 5.60 Å². The number of hydrogen-bond donors (Lipinski definition) is 3. The Balaban J connectivity index is 0.00000216. The number of rotatable bonds is 7. The van der Waals surface area contributed by atoms with Gasteiger partial charge in [-0.2, -0.15) is 4.89 Å². The molecular formula is C34H54N6O4. The van der Waals surface area contributed by atoms with E-state index in [-0.39, 0.29) is 6.09 Å². The molecule has 1 aromatic heterocycles. The van der Waals surface area contributed by atoms with E-state index in [1.54, 1.807) is 0 Å². The Morgan fingerprint density at radius 1 is 1.05 bits per heavy atom. The van der Waals surface area contributed by atoms with Crippen LogP contribution in [0.1, 0.15) is 82.7 Å². The standard InChI is InChI=1S/C32H48N6O4.C2H6/c1-32(2,3)41-31(39)37-17-15-36(16-18-37)20-22-9-11-23(12-10-22)38-14-13-28-26(21-38)25(30(34)35-28)19-27(33)24-7-5-6-8-29(24)42-40-4;1-2/h5-8,19,22-23,35H,9-18,20-21,33-34H2,1-4H3;1-2H3/b27-19-;. The van der Waals surface area contributed by atoms with Crippen molar-refractivity contribution in [1.29, 1.82) is 0 Å². The van der Waals surface area contributed by atoms with Crippen molar-refractivity contribution in [2.24, 2.45) is 11.7 Å². The van der Waals surface area contributed by atoms with E-state index in [2.05, 4.69) is 14.8 Å². The minimum absolute atomic E-state index is 0.192. The van der Waals surface area contributed by atoms with E-state index in [1.165, 1.54) is 44.1 Å². The van der Waals surface area contributed by atoms with E-state index in [0.717, 1.165) is 63.4 Å². The third-order valence-electron chi connectivity index (χ3n) is 8.82. The second-order valence-corrected chi connectivity index (χ2v) is 12.9. The first-order valence-corrected chi connectivity index (χ1v) is 16.3. The number of aromatic amines is 1. The van der Waals surface area contributed by atoms with Gasteiger partial charge in [-0.25, -0.2) is 4.79 Å². The summed E-state index contributed by atoms with van der Waals surface area (Å²) in [6, 6.07) is 8.14. The highest BCUT2D eigenvalue weighted by molar-refractivity contribution is 5.86. The highest BCUT2D eigenvalue weighted by Gasteiger charge is 2.32. The average Bonchev–Trinajstić information content (AvgIpc) is 3.32. The van der Waals surface area contributed by atoms with Crippen molar-refractivity contribution in [1.82, 2.24) is 19.7 Å². The van der Waals surface area contributed by atoms with Gasteiger partial charge in [0.2, 0.25) is 0 Å². The molecule has 1 saturated carbocycles. The first kappa shape index (κ1) is 33.7. The van der Waals surface area contributed by atoms with Crippen molar-refractivity contribution < 1.29 is 19.3 Å². The predicted octanol–water partition coefficient (Wildman–Crippen LogP) is 5.49. The monoisotopic (exact) mass is 610 g/mol. The molecule has 1 saturated heterocycles. The maximum Gasteiger partial charge on any atom is 0.410 e. The lowest BCUT2D eigenvalue weighted by atomic mass is 9.84. The molecule has 2 fully saturated rings. The summed E-state index contributed by atoms with van der Waals surface area (Å²) in [7, 11) is 1.48. The molecule has 5 N–H and O–H groups in total. The lowest BCUT2D eigenvalue weighted by Crippen LogP contribution is -2.51. The Hall–Kier alpha value is -3.21. The molecule has 0 bridgehead atoms. The number of carbonyl (C=O) groups excluding carboxylic acids is 1. The van der Waals surface area contributed by atoms with Gasteiger partial charge < -0.3 is 31.0 Å². The fourth-order valence-corrected chi connectivity index (χ4v) is 6.64. The van der Waals surface area contributed by atoms with Gasteiger partial charge in [-0.3, -0.25) is 9.80 Å². The Morgan fingerprint density at radius 2 is 1.73 bits per heavy atom. The number of nitrogens with zero attached hydrogens (tertiary/aromatic N) is 3. The van der Waals surface area contributed by atoms with E-state index in [1.807, 2.05) is 69.9 Å². The first-order valence-electron chi connectivity index (χ1n) is 16.3. The van der Waals surface area contributed by atoms with Crippen LogP contribution in [0.2, 0.25) is 0 Å². The van der Waals surface area contributed by atoms with Gasteiger partial charge in [-0.15, -0.1) is 0 Å². The molecule has 1 aliphatic carbocycles. The number of nitrogen functional groups attached to an aromatic ring is 1. The zero-order chi connectivity index (χ0) is 31.9. The van der Waals surface area contributed by atoms with Crippen LogP contribution in [0.25, 0.3) is 11.8 Å². The molecule has 1 aromatic carbocycles. The van der Waals surface area contributed by atoms with Crippen molar-refractivity contribution in [3.05, 3.63) is 46.6 Å². The topological polar surface area (TPSA) is 122 Å². The Kier molecular flexibility index (Phi) is 11.6. The van der Waals surface area contributed by atoms with Crippen molar-refractivity contribution in [3.63, 3.8) is 0 Å². The molecular weight excluding hydrogens is 556 g/mol. The number of benzene rings is 1. The van der Waals surface area contributed by atoms with Crippen molar-refractivity contribution in [2.75, 3.05) is 52.1 Å². The summed E-state index contributed by atoms with van der Waals surface area (Å²) in [4.78, 5) is 33.0. The molecule has 10 heteroatoms. The zero-order valence-corrected chi connectivity index (χ0v) is 27.7. The van der Waals surface area contributed by atoms with Crippen LogP contribution < -0.4 is 16.4 Å². The number of aromatic nitrogens is 1. The molecule has 0 unspecified atom stereocenters. The lowest BCUT2D eigenvalue weighted by Gasteiger charge is -2.41. The quantitative estimate of drug-likeness (QED) is 0.278. The fourth-order valence-electron chi connectivity index (χ4n) is 6.64. The molecule has 2 aliphatic heterocycles. The van der Waals surface area contributed by atoms with E-state index in [4.69, 9.17) is 26.0 Å². The van der Waals surface area contributed by atoms with Gasteiger partial charge in [-0.05, 0) is 76.1 Å². The fraction of sp³-hybridized carbons (Fsp3) is 0.618. The molecule has 5 rings (SSSR count). The first-order chi connectivity index (χ1) is 21.1. The molecule has 10 nitrogen and oxygen atoms in total. The van der Waals surface area contributed by atoms with Crippen LogP contribution in [0.3, 0.4) is 0 Å². The molecule has 0 spiro atoms. The van der Waals surface area contributed by atoms with Crippen LogP contribution in [0, 0.1) is 5.92 Å². The number of H-pyrrole nitrogens is 1. The molecule has 1 amide bonds. The van der Waals surface area contributed by atoms with Crippen LogP contribution in [0.4, 0.5) is 10.6 Å². The minimum Gasteiger partial charge on any atom is -0.444 e. The molecule has 0 atom stereocenters. The number of fused-ring (bicyclic) bond motifs is 1. The van der Waals surface area contributed by atoms with E-state index >= 15 is 0 Å². The number of nitrogens with two attached hydrogens (primary N) is 2. The maximum absolute atomic E-state index is 12.4. The van der Waals surface area contributed by atoms with Gasteiger partial charge in [0.1, 0.15) is 11.4 Å². The van der Waals surface area contributed by atoms with Gasteiger partial charge in [0.25, 0.3) is 0 Å². The number of carbonyl (C=O) groups is 1. The third kappa shape index (κ3) is 8.49. The Labute approximate surface area is 263 Å². The number of amides is 1. The summed E-state index contributed by atoms with van der Waals surface area (Å²) in [6.07, 6.45) is 7.64. The number of piperazine rings is 1. The van der Waals surface area contributed by atoms with E-state index in [9.17, 15) is 4.79 Å². The van der Waals surface area contributed by atoms with Crippen molar-refractivity contribution in [2.45, 2.75) is 84.9 Å². The van der Waals surface area contributed by atoms with Gasteiger partial charge in [0.15, 0.2) is 5.75 Å². The van der Waals surface area contributed by atoms with Crippen LogP contribution in [0.5, 0.6) is 5.75 Å². The minimum atomic E-state index is -0.451. The summed E-state index contributed by atoms with van der Waals surface area (Å²) in [5.74, 6) is 1.94. The average molecular weight is 611 g/mol. The third-order valence-corrected chi connectivity index (χ3v) is 8.82. The Morgan fingerprint density at radius 3 is 2.39 bits per heavy atom. The van der Waals surface area contributed by atoms with Crippen molar-refractivity contribution in [3.8, 4) is 5.75 Å². The molecule has 244 valence electrons. The molecule has 0 radical (unpaired) electrons. The summed E-state index contributed by atoms with van der Waals surface area (Å²) in [5.41, 5.74) is 17.3. The van der Waals surface area contributed by atoms with Crippen LogP contribution in [-0.4, -0.2) is 83.8 Å². The molecule has 44 heavy (non-hydrogen) atoms.